The van der Waals surface area contributed by atoms with Crippen molar-refractivity contribution >= 4 is 40.2 Å². The summed E-state index contributed by atoms with van der Waals surface area (Å²) in [6, 6.07) is 17.0. The van der Waals surface area contributed by atoms with Crippen molar-refractivity contribution in [1.82, 2.24) is 4.40 Å². The second-order valence-corrected chi connectivity index (χ2v) is 7.61. The predicted molar refractivity (Wildman–Crippen MR) is 129 cm³/mol. The molecule has 0 unspecified atom stereocenters. The molecule has 0 atom stereocenters. The van der Waals surface area contributed by atoms with Gasteiger partial charge in [-0.3, -0.25) is 9.59 Å². The summed E-state index contributed by atoms with van der Waals surface area (Å²) >= 11 is 6.08. The van der Waals surface area contributed by atoms with Gasteiger partial charge >= 0.3 is 0 Å². The number of benzene rings is 2. The number of pyridine rings is 1. The maximum absolute atomic E-state index is 13.4. The van der Waals surface area contributed by atoms with Gasteiger partial charge in [-0.2, -0.15) is 0 Å². The molecule has 4 rings (SSSR count). The zero-order chi connectivity index (χ0) is 23.5. The molecule has 0 saturated heterocycles. The lowest BCUT2D eigenvalue weighted by atomic mass is 10.1. The number of nitrogens with zero attached hydrogens (tertiary/aromatic N) is 1. The van der Waals surface area contributed by atoms with Crippen LogP contribution in [0.25, 0.3) is 5.52 Å². The molecule has 8 heteroatoms. The summed E-state index contributed by atoms with van der Waals surface area (Å²) in [7, 11) is 1.49. The Morgan fingerprint density at radius 2 is 1.85 bits per heavy atom. The van der Waals surface area contributed by atoms with Gasteiger partial charge in [0.15, 0.2) is 0 Å². The van der Waals surface area contributed by atoms with Crippen LogP contribution in [0, 0.1) is 0 Å². The van der Waals surface area contributed by atoms with E-state index in [1.165, 1.54) is 7.11 Å². The van der Waals surface area contributed by atoms with Crippen LogP contribution in [0.2, 0.25) is 5.02 Å². The van der Waals surface area contributed by atoms with Crippen LogP contribution >= 0.6 is 11.6 Å². The van der Waals surface area contributed by atoms with E-state index in [0.717, 1.165) is 0 Å². The number of fused-ring (bicyclic) bond motifs is 1. The van der Waals surface area contributed by atoms with E-state index < -0.39 is 5.91 Å². The van der Waals surface area contributed by atoms with E-state index in [9.17, 15) is 9.59 Å². The number of carbonyl (C=O) groups is 2. The number of nitrogens with one attached hydrogen (secondary N) is 1. The molecule has 7 nitrogen and oxygen atoms in total. The molecule has 0 bridgehead atoms. The number of hydrogen-bond donors (Lipinski definition) is 2. The fourth-order valence-corrected chi connectivity index (χ4v) is 3.84. The van der Waals surface area contributed by atoms with Crippen LogP contribution in [0.15, 0.2) is 66.9 Å². The Morgan fingerprint density at radius 1 is 1.09 bits per heavy atom. The van der Waals surface area contributed by atoms with Gasteiger partial charge in [-0.25, -0.2) is 0 Å². The van der Waals surface area contributed by atoms with E-state index in [4.69, 9.17) is 26.8 Å². The summed E-state index contributed by atoms with van der Waals surface area (Å²) in [4.78, 5) is 26.7. The molecule has 0 radical (unpaired) electrons. The van der Waals surface area contributed by atoms with Crippen molar-refractivity contribution in [2.45, 2.75) is 6.92 Å². The van der Waals surface area contributed by atoms with E-state index in [1.807, 2.05) is 6.92 Å². The number of aromatic nitrogens is 1. The number of ether oxygens (including phenoxy) is 2. The molecule has 168 valence electrons. The molecule has 0 aliphatic heterocycles. The highest BCUT2D eigenvalue weighted by Crippen LogP contribution is 2.32. The van der Waals surface area contributed by atoms with Crippen LogP contribution < -0.4 is 20.5 Å². The lowest BCUT2D eigenvalue weighted by Crippen LogP contribution is -2.14. The molecule has 4 aromatic rings. The highest BCUT2D eigenvalue weighted by atomic mass is 35.5. The maximum Gasteiger partial charge on any atom is 0.260 e. The van der Waals surface area contributed by atoms with E-state index in [2.05, 4.69) is 5.32 Å². The SMILES string of the molecule is CCOc1ccc(C(=O)c2c(N)c(C(=O)Nc3cc(Cl)ccc3OC)c3ccccn23)cc1. The van der Waals surface area contributed by atoms with E-state index >= 15 is 0 Å². The monoisotopic (exact) mass is 463 g/mol. The molecule has 3 N–H and O–H groups in total. The zero-order valence-electron chi connectivity index (χ0n) is 18.1. The summed E-state index contributed by atoms with van der Waals surface area (Å²) < 4.78 is 12.4. The Balaban J connectivity index is 1.77. The number of nitrogens with two attached hydrogens (primary N) is 1. The summed E-state index contributed by atoms with van der Waals surface area (Å²) in [6.45, 7) is 2.41. The normalized spacial score (nSPS) is 10.8. The lowest BCUT2D eigenvalue weighted by molar-refractivity contribution is 0.102. The first kappa shape index (κ1) is 22.2. The second kappa shape index (κ2) is 9.26. The maximum atomic E-state index is 13.4. The number of nitrogen functional groups attached to an aromatic ring is 1. The summed E-state index contributed by atoms with van der Waals surface area (Å²) in [5.74, 6) is 0.316. The number of anilines is 2. The molecule has 1 amide bonds. The number of halogens is 1. The smallest absolute Gasteiger partial charge is 0.260 e. The fraction of sp³-hybridized carbons (Fsp3) is 0.120. The third-order valence-corrected chi connectivity index (χ3v) is 5.40. The van der Waals surface area contributed by atoms with Crippen molar-refractivity contribution < 1.29 is 19.1 Å². The van der Waals surface area contributed by atoms with Gasteiger partial charge in [0.25, 0.3) is 5.91 Å². The lowest BCUT2D eigenvalue weighted by Gasteiger charge is -2.10. The Labute approximate surface area is 195 Å². The van der Waals surface area contributed by atoms with Gasteiger partial charge in [0.05, 0.1) is 36.2 Å². The van der Waals surface area contributed by atoms with Crippen molar-refractivity contribution in [3.05, 3.63) is 88.7 Å². The molecular formula is C25H22ClN3O4. The van der Waals surface area contributed by atoms with Crippen molar-refractivity contribution in [3.63, 3.8) is 0 Å². The first-order valence-electron chi connectivity index (χ1n) is 10.3. The van der Waals surface area contributed by atoms with Gasteiger partial charge in [0, 0.05) is 16.8 Å². The molecule has 0 spiro atoms. The van der Waals surface area contributed by atoms with Gasteiger partial charge in [-0.05, 0) is 61.5 Å². The second-order valence-electron chi connectivity index (χ2n) is 7.18. The fourth-order valence-electron chi connectivity index (χ4n) is 3.67. The summed E-state index contributed by atoms with van der Waals surface area (Å²) in [5, 5.41) is 3.23. The number of methoxy groups -OCH3 is 1. The number of ketones is 1. The number of hydrogen-bond acceptors (Lipinski definition) is 5. The van der Waals surface area contributed by atoms with Gasteiger partial charge in [0.2, 0.25) is 5.78 Å². The van der Waals surface area contributed by atoms with E-state index in [-0.39, 0.29) is 22.7 Å². The van der Waals surface area contributed by atoms with Crippen LogP contribution in [-0.4, -0.2) is 29.8 Å². The largest absolute Gasteiger partial charge is 0.495 e. The number of amides is 1. The zero-order valence-corrected chi connectivity index (χ0v) is 18.8. The minimum absolute atomic E-state index is 0.0820. The topological polar surface area (TPSA) is 95.1 Å². The summed E-state index contributed by atoms with van der Waals surface area (Å²) in [5.41, 5.74) is 8.20. The molecule has 33 heavy (non-hydrogen) atoms. The third kappa shape index (κ3) is 4.23. The van der Waals surface area contributed by atoms with Crippen LogP contribution in [-0.2, 0) is 0 Å². The minimum atomic E-state index is -0.484. The molecule has 2 aromatic carbocycles. The Hall–Kier alpha value is -3.97. The Kier molecular flexibility index (Phi) is 6.24. The molecule has 0 aliphatic rings. The van der Waals surface area contributed by atoms with Gasteiger partial charge in [-0.1, -0.05) is 17.7 Å². The predicted octanol–water partition coefficient (Wildman–Crippen LogP) is 5.07. The molecular weight excluding hydrogens is 442 g/mol. The average molecular weight is 464 g/mol. The van der Waals surface area contributed by atoms with Gasteiger partial charge < -0.3 is 24.9 Å². The van der Waals surface area contributed by atoms with Crippen LogP contribution in [0.4, 0.5) is 11.4 Å². The Morgan fingerprint density at radius 3 is 2.55 bits per heavy atom. The van der Waals surface area contributed by atoms with Crippen molar-refractivity contribution in [2.75, 3.05) is 24.8 Å². The standard InChI is InChI=1S/C25H22ClN3O4/c1-3-33-17-10-7-15(8-11-17)24(30)23-22(27)21(19-6-4-5-13-29(19)23)25(31)28-18-14-16(26)9-12-20(18)32-2/h4-14H,3,27H2,1-2H3,(H,28,31). The number of rotatable bonds is 7. The van der Waals surface area contributed by atoms with Crippen LogP contribution in [0.1, 0.15) is 33.3 Å². The molecule has 0 saturated carbocycles. The number of carbonyl (C=O) groups excluding carboxylic acids is 2. The first-order valence-corrected chi connectivity index (χ1v) is 10.6. The highest BCUT2D eigenvalue weighted by molar-refractivity contribution is 6.31. The van der Waals surface area contributed by atoms with Crippen molar-refractivity contribution in [2.24, 2.45) is 0 Å². The van der Waals surface area contributed by atoms with Gasteiger partial charge in [-0.15, -0.1) is 0 Å². The van der Waals surface area contributed by atoms with Gasteiger partial charge in [0.1, 0.15) is 17.2 Å². The Bertz CT molecular complexity index is 1350. The van der Waals surface area contributed by atoms with Crippen molar-refractivity contribution in [1.29, 1.82) is 0 Å². The van der Waals surface area contributed by atoms with Crippen LogP contribution in [0.3, 0.4) is 0 Å². The minimum Gasteiger partial charge on any atom is -0.495 e. The highest BCUT2D eigenvalue weighted by Gasteiger charge is 2.26. The molecule has 2 aromatic heterocycles. The average Bonchev–Trinajstić information content (AvgIpc) is 3.11. The third-order valence-electron chi connectivity index (χ3n) is 5.16. The van der Waals surface area contributed by atoms with E-state index in [0.29, 0.717) is 39.9 Å². The molecule has 0 fully saturated rings. The van der Waals surface area contributed by atoms with Crippen LogP contribution in [0.5, 0.6) is 11.5 Å². The quantitative estimate of drug-likeness (QED) is 0.373. The molecule has 0 aliphatic carbocycles. The van der Waals surface area contributed by atoms with E-state index in [1.54, 1.807) is 71.3 Å². The van der Waals surface area contributed by atoms with Crippen molar-refractivity contribution in [3.8, 4) is 11.5 Å². The molecule has 2 heterocycles. The summed E-state index contributed by atoms with van der Waals surface area (Å²) in [6.07, 6.45) is 1.70. The first-order chi connectivity index (χ1) is 15.9.